The standard InChI is InChI=1S/C19H24N4OS/c1-13-6-3-4-7-16(13)22-18(24)23-17-9-8-15(12-14(17)2)25-19-20-10-5-11-21-19/h5,8-13,16H,3-4,6-7H2,1-2H3,(H2,22,23,24). The van der Waals surface area contributed by atoms with E-state index >= 15 is 0 Å². The summed E-state index contributed by atoms with van der Waals surface area (Å²) in [5, 5.41) is 6.82. The Hall–Kier alpha value is -2.08. The van der Waals surface area contributed by atoms with Gasteiger partial charge < -0.3 is 10.6 Å². The van der Waals surface area contributed by atoms with Crippen LogP contribution in [0.15, 0.2) is 46.7 Å². The van der Waals surface area contributed by atoms with E-state index in [0.717, 1.165) is 22.6 Å². The molecule has 1 aromatic carbocycles. The molecule has 0 radical (unpaired) electrons. The van der Waals surface area contributed by atoms with Crippen LogP contribution in [0, 0.1) is 12.8 Å². The highest BCUT2D eigenvalue weighted by Gasteiger charge is 2.22. The first-order valence-electron chi connectivity index (χ1n) is 8.75. The number of hydrogen-bond acceptors (Lipinski definition) is 4. The van der Waals surface area contributed by atoms with Gasteiger partial charge in [0.1, 0.15) is 0 Å². The summed E-state index contributed by atoms with van der Waals surface area (Å²) < 4.78 is 0. The van der Waals surface area contributed by atoms with E-state index in [1.165, 1.54) is 31.0 Å². The summed E-state index contributed by atoms with van der Waals surface area (Å²) in [5.74, 6) is 0.547. The Balaban J connectivity index is 1.60. The zero-order chi connectivity index (χ0) is 17.6. The molecule has 6 heteroatoms. The molecule has 132 valence electrons. The maximum Gasteiger partial charge on any atom is 0.319 e. The van der Waals surface area contributed by atoms with E-state index in [1.54, 1.807) is 18.5 Å². The van der Waals surface area contributed by atoms with Crippen molar-refractivity contribution in [2.45, 2.75) is 55.6 Å². The highest BCUT2D eigenvalue weighted by molar-refractivity contribution is 7.99. The van der Waals surface area contributed by atoms with Crippen molar-refractivity contribution in [1.29, 1.82) is 0 Å². The van der Waals surface area contributed by atoms with Gasteiger partial charge in [0.15, 0.2) is 5.16 Å². The van der Waals surface area contributed by atoms with Gasteiger partial charge in [-0.2, -0.15) is 0 Å². The number of urea groups is 1. The molecule has 3 rings (SSSR count). The second-order valence-corrected chi connectivity index (χ2v) is 7.62. The number of aryl methyl sites for hydroxylation is 1. The predicted octanol–water partition coefficient (Wildman–Crippen LogP) is 4.64. The van der Waals surface area contributed by atoms with Crippen LogP contribution in [-0.2, 0) is 0 Å². The fraction of sp³-hybridized carbons (Fsp3) is 0.421. The molecule has 2 aromatic rings. The molecule has 0 spiro atoms. The normalized spacial score (nSPS) is 20.1. The van der Waals surface area contributed by atoms with Crippen LogP contribution in [0.4, 0.5) is 10.5 Å². The SMILES string of the molecule is Cc1cc(Sc2ncccn2)ccc1NC(=O)NC1CCCCC1C. The topological polar surface area (TPSA) is 66.9 Å². The molecule has 2 amide bonds. The Bertz CT molecular complexity index is 723. The quantitative estimate of drug-likeness (QED) is 0.784. The lowest BCUT2D eigenvalue weighted by Gasteiger charge is -2.29. The lowest BCUT2D eigenvalue weighted by Crippen LogP contribution is -2.43. The predicted molar refractivity (Wildman–Crippen MR) is 101 cm³/mol. The summed E-state index contributed by atoms with van der Waals surface area (Å²) in [6, 6.07) is 7.92. The maximum absolute atomic E-state index is 12.3. The third-order valence-electron chi connectivity index (χ3n) is 4.63. The van der Waals surface area contributed by atoms with E-state index in [1.807, 2.05) is 25.1 Å². The molecule has 0 aliphatic heterocycles. The van der Waals surface area contributed by atoms with Crippen LogP contribution >= 0.6 is 11.8 Å². The van der Waals surface area contributed by atoms with Crippen molar-refractivity contribution in [1.82, 2.24) is 15.3 Å². The summed E-state index contributed by atoms with van der Waals surface area (Å²) in [6.07, 6.45) is 8.19. The van der Waals surface area contributed by atoms with Crippen molar-refractivity contribution >= 4 is 23.5 Å². The number of rotatable bonds is 4. The minimum absolute atomic E-state index is 0.117. The van der Waals surface area contributed by atoms with Crippen LogP contribution < -0.4 is 10.6 Å². The Morgan fingerprint density at radius 1 is 1.20 bits per heavy atom. The minimum atomic E-state index is -0.117. The maximum atomic E-state index is 12.3. The van der Waals surface area contributed by atoms with E-state index in [9.17, 15) is 4.79 Å². The summed E-state index contributed by atoms with van der Waals surface area (Å²) >= 11 is 1.51. The molecule has 0 saturated heterocycles. The lowest BCUT2D eigenvalue weighted by molar-refractivity contribution is 0.232. The van der Waals surface area contributed by atoms with Crippen molar-refractivity contribution in [2.75, 3.05) is 5.32 Å². The largest absolute Gasteiger partial charge is 0.335 e. The Kier molecular flexibility index (Phi) is 5.91. The van der Waals surface area contributed by atoms with E-state index < -0.39 is 0 Å². The number of hydrogen-bond donors (Lipinski definition) is 2. The van der Waals surface area contributed by atoms with Crippen molar-refractivity contribution in [2.24, 2.45) is 5.92 Å². The average Bonchev–Trinajstić information content (AvgIpc) is 2.60. The molecule has 1 heterocycles. The molecule has 1 aliphatic carbocycles. The molecule has 0 bridgehead atoms. The number of carbonyl (C=O) groups excluding carboxylic acids is 1. The van der Waals surface area contributed by atoms with Gasteiger partial charge in [-0.05, 0) is 67.3 Å². The van der Waals surface area contributed by atoms with Gasteiger partial charge in [-0.15, -0.1) is 0 Å². The molecule has 1 fully saturated rings. The molecule has 1 saturated carbocycles. The van der Waals surface area contributed by atoms with E-state index in [0.29, 0.717) is 11.1 Å². The van der Waals surface area contributed by atoms with Crippen molar-refractivity contribution < 1.29 is 4.79 Å². The first-order valence-corrected chi connectivity index (χ1v) is 9.56. The van der Waals surface area contributed by atoms with Gasteiger partial charge in [-0.1, -0.05) is 19.8 Å². The molecule has 25 heavy (non-hydrogen) atoms. The average molecular weight is 356 g/mol. The smallest absolute Gasteiger partial charge is 0.319 e. The van der Waals surface area contributed by atoms with Crippen LogP contribution in [0.25, 0.3) is 0 Å². The van der Waals surface area contributed by atoms with Gasteiger partial charge in [0.05, 0.1) is 0 Å². The molecule has 1 aliphatic rings. The third kappa shape index (κ3) is 4.95. The lowest BCUT2D eigenvalue weighted by atomic mass is 9.86. The number of nitrogens with one attached hydrogen (secondary N) is 2. The van der Waals surface area contributed by atoms with E-state index in [4.69, 9.17) is 0 Å². The molecular formula is C19H24N4OS. The zero-order valence-electron chi connectivity index (χ0n) is 14.7. The highest BCUT2D eigenvalue weighted by atomic mass is 32.2. The monoisotopic (exact) mass is 356 g/mol. The van der Waals surface area contributed by atoms with Gasteiger partial charge >= 0.3 is 6.03 Å². The van der Waals surface area contributed by atoms with E-state index in [2.05, 4.69) is 27.5 Å². The third-order valence-corrected chi connectivity index (χ3v) is 5.51. The second kappa shape index (κ2) is 8.34. The van der Waals surface area contributed by atoms with E-state index in [-0.39, 0.29) is 12.1 Å². The second-order valence-electron chi connectivity index (χ2n) is 6.58. The highest BCUT2D eigenvalue weighted by Crippen LogP contribution is 2.28. The molecule has 2 atom stereocenters. The Morgan fingerprint density at radius 2 is 1.96 bits per heavy atom. The summed E-state index contributed by atoms with van der Waals surface area (Å²) in [5.41, 5.74) is 1.85. The number of aromatic nitrogens is 2. The van der Waals surface area contributed by atoms with Gasteiger partial charge in [0.25, 0.3) is 0 Å². The fourth-order valence-electron chi connectivity index (χ4n) is 3.14. The van der Waals surface area contributed by atoms with Crippen LogP contribution in [0.2, 0.25) is 0 Å². The summed E-state index contributed by atoms with van der Waals surface area (Å²) in [4.78, 5) is 21.8. The number of carbonyl (C=O) groups is 1. The molecule has 5 nitrogen and oxygen atoms in total. The van der Waals surface area contributed by atoms with Gasteiger partial charge in [0, 0.05) is 29.0 Å². The van der Waals surface area contributed by atoms with Crippen LogP contribution in [0.5, 0.6) is 0 Å². The van der Waals surface area contributed by atoms with Crippen molar-refractivity contribution in [3.8, 4) is 0 Å². The van der Waals surface area contributed by atoms with Gasteiger partial charge in [0.2, 0.25) is 0 Å². The van der Waals surface area contributed by atoms with Crippen molar-refractivity contribution in [3.05, 3.63) is 42.2 Å². The number of amides is 2. The zero-order valence-corrected chi connectivity index (χ0v) is 15.5. The van der Waals surface area contributed by atoms with Gasteiger partial charge in [-0.3, -0.25) is 0 Å². The first kappa shape index (κ1) is 17.7. The number of anilines is 1. The number of benzene rings is 1. The van der Waals surface area contributed by atoms with Crippen LogP contribution in [0.1, 0.15) is 38.2 Å². The van der Waals surface area contributed by atoms with Gasteiger partial charge in [-0.25, -0.2) is 14.8 Å². The Labute approximate surface area is 153 Å². The molecule has 2 N–H and O–H groups in total. The Morgan fingerprint density at radius 3 is 2.68 bits per heavy atom. The molecule has 2 unspecified atom stereocenters. The fourth-order valence-corrected chi connectivity index (χ4v) is 3.95. The van der Waals surface area contributed by atoms with Crippen molar-refractivity contribution in [3.63, 3.8) is 0 Å². The van der Waals surface area contributed by atoms with Crippen LogP contribution in [0.3, 0.4) is 0 Å². The minimum Gasteiger partial charge on any atom is -0.335 e. The molecular weight excluding hydrogens is 332 g/mol. The number of nitrogens with zero attached hydrogens (tertiary/aromatic N) is 2. The summed E-state index contributed by atoms with van der Waals surface area (Å²) in [6.45, 7) is 4.21. The molecule has 1 aromatic heterocycles. The van der Waals surface area contributed by atoms with Crippen LogP contribution in [-0.4, -0.2) is 22.0 Å². The summed E-state index contributed by atoms with van der Waals surface area (Å²) in [7, 11) is 0. The first-order chi connectivity index (χ1) is 12.1.